The summed E-state index contributed by atoms with van der Waals surface area (Å²) in [5, 5.41) is 50.1. The van der Waals surface area contributed by atoms with Crippen molar-refractivity contribution in [3.05, 3.63) is 42.5 Å². The molecule has 30 heavy (non-hydrogen) atoms. The third kappa shape index (κ3) is 3.81. The van der Waals surface area contributed by atoms with Gasteiger partial charge in [-0.1, -0.05) is 0 Å². The van der Waals surface area contributed by atoms with Crippen molar-refractivity contribution in [2.45, 2.75) is 30.7 Å². The Balaban J connectivity index is 1.58. The van der Waals surface area contributed by atoms with E-state index in [0.717, 1.165) is 5.39 Å². The van der Waals surface area contributed by atoms with E-state index in [1.165, 1.54) is 25.3 Å². The minimum Gasteiger partial charge on any atom is -0.508 e. The molecule has 1 aliphatic rings. The first-order valence-electron chi connectivity index (χ1n) is 9.28. The fraction of sp³-hybridized carbons (Fsp3) is 0.333. The molecule has 3 aromatic rings. The van der Waals surface area contributed by atoms with E-state index < -0.39 is 37.3 Å². The molecule has 5 unspecified atom stereocenters. The molecule has 4 rings (SSSR count). The summed E-state index contributed by atoms with van der Waals surface area (Å²) in [6, 6.07) is 10.8. The van der Waals surface area contributed by atoms with Gasteiger partial charge in [-0.25, -0.2) is 0 Å². The van der Waals surface area contributed by atoms with Gasteiger partial charge >= 0.3 is 0 Å². The largest absolute Gasteiger partial charge is 0.508 e. The molecule has 1 saturated heterocycles. The number of furan rings is 1. The number of benzene rings is 2. The van der Waals surface area contributed by atoms with Crippen LogP contribution in [0.1, 0.15) is 0 Å². The number of phenolic OH excluding ortho intramolecular Hbond substituents is 2. The van der Waals surface area contributed by atoms with Crippen LogP contribution >= 0.6 is 0 Å². The maximum absolute atomic E-state index is 10.3. The van der Waals surface area contributed by atoms with Crippen molar-refractivity contribution in [1.82, 2.24) is 0 Å². The Labute approximate surface area is 171 Å². The standard InChI is InChI=1S/C21H22O9/c1-27-20-17(9-22)30-21(19(26)18(20)25)28-14-3-2-10-6-15(29-16(10)8-14)11-4-12(23)7-13(24)5-11/h2-8,17-26H,9H2,1H3. The fourth-order valence-corrected chi connectivity index (χ4v) is 3.54. The number of hydrogen-bond acceptors (Lipinski definition) is 9. The topological polar surface area (TPSA) is 142 Å². The highest BCUT2D eigenvalue weighted by Crippen LogP contribution is 2.34. The van der Waals surface area contributed by atoms with Crippen molar-refractivity contribution < 1.29 is 44.2 Å². The molecule has 0 saturated carbocycles. The molecule has 0 aliphatic carbocycles. The molecule has 160 valence electrons. The molecule has 1 aliphatic heterocycles. The number of aliphatic hydroxyl groups is 3. The van der Waals surface area contributed by atoms with Gasteiger partial charge in [0, 0.05) is 30.2 Å². The number of fused-ring (bicyclic) bond motifs is 1. The zero-order chi connectivity index (χ0) is 21.4. The lowest BCUT2D eigenvalue weighted by molar-refractivity contribution is -0.281. The van der Waals surface area contributed by atoms with Gasteiger partial charge in [-0.15, -0.1) is 0 Å². The Bertz CT molecular complexity index is 1010. The number of aliphatic hydroxyl groups excluding tert-OH is 3. The number of hydrogen-bond donors (Lipinski definition) is 5. The van der Waals surface area contributed by atoms with E-state index >= 15 is 0 Å². The zero-order valence-corrected chi connectivity index (χ0v) is 16.0. The molecular formula is C21H22O9. The number of ether oxygens (including phenoxy) is 3. The second-order valence-electron chi connectivity index (χ2n) is 7.07. The van der Waals surface area contributed by atoms with Gasteiger partial charge < -0.3 is 44.2 Å². The van der Waals surface area contributed by atoms with Gasteiger partial charge in [0.2, 0.25) is 6.29 Å². The lowest BCUT2D eigenvalue weighted by Crippen LogP contribution is -2.60. The zero-order valence-electron chi connectivity index (χ0n) is 16.0. The number of methoxy groups -OCH3 is 1. The molecule has 2 heterocycles. The van der Waals surface area contributed by atoms with Crippen LogP contribution in [0.4, 0.5) is 0 Å². The summed E-state index contributed by atoms with van der Waals surface area (Å²) in [5.74, 6) is 0.556. The van der Waals surface area contributed by atoms with Crippen LogP contribution < -0.4 is 4.74 Å². The van der Waals surface area contributed by atoms with Gasteiger partial charge in [-0.05, 0) is 30.3 Å². The predicted molar refractivity (Wildman–Crippen MR) is 104 cm³/mol. The minimum atomic E-state index is -1.39. The Morgan fingerprint density at radius 3 is 2.37 bits per heavy atom. The Hall–Kier alpha value is -2.82. The van der Waals surface area contributed by atoms with Crippen LogP contribution in [0, 0.1) is 0 Å². The van der Waals surface area contributed by atoms with Crippen LogP contribution in [-0.2, 0) is 9.47 Å². The third-order valence-corrected chi connectivity index (χ3v) is 5.02. The molecular weight excluding hydrogens is 396 g/mol. The average Bonchev–Trinajstić information content (AvgIpc) is 3.14. The summed E-state index contributed by atoms with van der Waals surface area (Å²) in [4.78, 5) is 0. The van der Waals surface area contributed by atoms with Crippen LogP contribution in [0.3, 0.4) is 0 Å². The highest BCUT2D eigenvalue weighted by atomic mass is 16.7. The molecule has 1 fully saturated rings. The van der Waals surface area contributed by atoms with E-state index in [-0.39, 0.29) is 11.5 Å². The molecule has 9 heteroatoms. The van der Waals surface area contributed by atoms with Crippen molar-refractivity contribution in [3.63, 3.8) is 0 Å². The fourth-order valence-electron chi connectivity index (χ4n) is 3.54. The highest BCUT2D eigenvalue weighted by molar-refractivity contribution is 5.84. The molecule has 0 spiro atoms. The molecule has 0 amide bonds. The van der Waals surface area contributed by atoms with Crippen LogP contribution in [0.25, 0.3) is 22.3 Å². The summed E-state index contributed by atoms with van der Waals surface area (Å²) < 4.78 is 22.1. The van der Waals surface area contributed by atoms with Gasteiger partial charge in [0.25, 0.3) is 0 Å². The van der Waals surface area contributed by atoms with E-state index in [9.17, 15) is 25.5 Å². The Morgan fingerprint density at radius 2 is 1.70 bits per heavy atom. The van der Waals surface area contributed by atoms with Crippen molar-refractivity contribution in [2.75, 3.05) is 13.7 Å². The monoisotopic (exact) mass is 418 g/mol. The molecule has 5 atom stereocenters. The van der Waals surface area contributed by atoms with Gasteiger partial charge in [-0.3, -0.25) is 0 Å². The van der Waals surface area contributed by atoms with Crippen LogP contribution in [0.2, 0.25) is 0 Å². The highest BCUT2D eigenvalue weighted by Gasteiger charge is 2.45. The van der Waals surface area contributed by atoms with E-state index in [4.69, 9.17) is 18.6 Å². The van der Waals surface area contributed by atoms with Crippen LogP contribution in [0.15, 0.2) is 46.9 Å². The van der Waals surface area contributed by atoms with E-state index in [0.29, 0.717) is 22.7 Å². The molecule has 5 N–H and O–H groups in total. The summed E-state index contributed by atoms with van der Waals surface area (Å²) in [6.07, 6.45) is -5.67. The van der Waals surface area contributed by atoms with Gasteiger partial charge in [0.15, 0.2) is 0 Å². The van der Waals surface area contributed by atoms with Crippen LogP contribution in [-0.4, -0.2) is 70.0 Å². The van der Waals surface area contributed by atoms with Crippen molar-refractivity contribution in [1.29, 1.82) is 0 Å². The van der Waals surface area contributed by atoms with Crippen molar-refractivity contribution in [2.24, 2.45) is 0 Å². The normalized spacial score (nSPS) is 26.7. The average molecular weight is 418 g/mol. The summed E-state index contributed by atoms with van der Waals surface area (Å²) in [5.41, 5.74) is 0.960. The molecule has 0 bridgehead atoms. The minimum absolute atomic E-state index is 0.0933. The van der Waals surface area contributed by atoms with Crippen molar-refractivity contribution >= 4 is 11.0 Å². The number of phenols is 2. The molecule has 1 aromatic heterocycles. The van der Waals surface area contributed by atoms with Gasteiger partial charge in [0.05, 0.1) is 6.61 Å². The smallest absolute Gasteiger partial charge is 0.229 e. The molecule has 0 radical (unpaired) electrons. The SMILES string of the molecule is COC1C(CO)OC(Oc2ccc3cc(-c4cc(O)cc(O)c4)oc3c2)C(O)C1O. The first-order chi connectivity index (χ1) is 14.4. The molecule has 2 aromatic carbocycles. The van der Waals surface area contributed by atoms with Gasteiger partial charge in [-0.2, -0.15) is 0 Å². The lowest BCUT2D eigenvalue weighted by atomic mass is 9.99. The lowest BCUT2D eigenvalue weighted by Gasteiger charge is -2.41. The molecule has 9 nitrogen and oxygen atoms in total. The number of aromatic hydroxyl groups is 2. The second kappa shape index (κ2) is 8.13. The quantitative estimate of drug-likeness (QED) is 0.415. The second-order valence-corrected chi connectivity index (χ2v) is 7.07. The van der Waals surface area contributed by atoms with Crippen molar-refractivity contribution in [3.8, 4) is 28.6 Å². The van der Waals surface area contributed by atoms with Gasteiger partial charge in [0.1, 0.15) is 53.0 Å². The van der Waals surface area contributed by atoms with E-state index in [1.807, 2.05) is 0 Å². The Kier molecular flexibility index (Phi) is 5.54. The maximum Gasteiger partial charge on any atom is 0.229 e. The maximum atomic E-state index is 10.3. The summed E-state index contributed by atoms with van der Waals surface area (Å²) >= 11 is 0. The number of rotatable bonds is 5. The van der Waals surface area contributed by atoms with Crippen LogP contribution in [0.5, 0.6) is 17.2 Å². The third-order valence-electron chi connectivity index (χ3n) is 5.02. The van der Waals surface area contributed by atoms with E-state index in [1.54, 1.807) is 24.3 Å². The first-order valence-corrected chi connectivity index (χ1v) is 9.28. The first kappa shape index (κ1) is 20.5. The predicted octanol–water partition coefficient (Wildman–Crippen LogP) is 1.34. The summed E-state index contributed by atoms with van der Waals surface area (Å²) in [6.45, 7) is -0.417. The Morgan fingerprint density at radius 1 is 0.967 bits per heavy atom. The van der Waals surface area contributed by atoms with E-state index in [2.05, 4.69) is 0 Å². The summed E-state index contributed by atoms with van der Waals surface area (Å²) in [7, 11) is 1.35.